The third kappa shape index (κ3) is 2.55. The maximum absolute atomic E-state index is 9.07. The van der Waals surface area contributed by atoms with Crippen molar-refractivity contribution < 1.29 is 5.11 Å². The fourth-order valence-electron chi connectivity index (χ4n) is 1.47. The highest BCUT2D eigenvalue weighted by Gasteiger charge is 2.13. The molecule has 0 atom stereocenters. The summed E-state index contributed by atoms with van der Waals surface area (Å²) < 4.78 is 0. The van der Waals surface area contributed by atoms with Gasteiger partial charge in [0.05, 0.1) is 33.1 Å². The van der Waals surface area contributed by atoms with Crippen molar-refractivity contribution in [1.29, 1.82) is 0 Å². The molecule has 0 bridgehead atoms. The van der Waals surface area contributed by atoms with Crippen LogP contribution in [0, 0.1) is 0 Å². The topological polar surface area (TPSA) is 33.1 Å². The van der Waals surface area contributed by atoms with Crippen LogP contribution in [-0.2, 0) is 6.61 Å². The Bertz CT molecular complexity index is 537. The Morgan fingerprint density at radius 1 is 0.941 bits per heavy atom. The summed E-state index contributed by atoms with van der Waals surface area (Å²) in [6.07, 6.45) is 0. The van der Waals surface area contributed by atoms with Crippen molar-refractivity contribution in [3.8, 4) is 11.3 Å². The average Bonchev–Trinajstić information content (AvgIpc) is 2.31. The van der Waals surface area contributed by atoms with Gasteiger partial charge in [-0.25, -0.2) is 4.98 Å². The third-order valence-corrected chi connectivity index (χ3v) is 3.20. The van der Waals surface area contributed by atoms with Crippen molar-refractivity contribution in [1.82, 2.24) is 4.98 Å². The second-order valence-corrected chi connectivity index (χ2v) is 4.61. The fourth-order valence-corrected chi connectivity index (χ4v) is 2.25. The minimum atomic E-state index is -0.160. The molecule has 0 spiro atoms. The lowest BCUT2D eigenvalue weighted by molar-refractivity contribution is 0.277. The molecule has 0 aliphatic rings. The predicted molar refractivity (Wildman–Crippen MR) is 70.6 cm³/mol. The van der Waals surface area contributed by atoms with Gasteiger partial charge in [0.2, 0.25) is 0 Å². The zero-order valence-electron chi connectivity index (χ0n) is 8.62. The number of halogens is 3. The number of benzene rings is 1. The first-order valence-corrected chi connectivity index (χ1v) is 5.97. The standard InChI is InChI=1S/C12H8Cl3NO/c13-8-2-1-3-9(14)11(8)12-10(15)5-4-7(6-17)16-12/h1-5,17H,6H2. The summed E-state index contributed by atoms with van der Waals surface area (Å²) in [5.74, 6) is 0. The molecule has 0 saturated heterocycles. The van der Waals surface area contributed by atoms with Crippen LogP contribution in [0.15, 0.2) is 30.3 Å². The molecule has 17 heavy (non-hydrogen) atoms. The molecule has 0 saturated carbocycles. The van der Waals surface area contributed by atoms with Gasteiger partial charge in [-0.1, -0.05) is 40.9 Å². The summed E-state index contributed by atoms with van der Waals surface area (Å²) in [6, 6.07) is 8.49. The Morgan fingerprint density at radius 2 is 1.59 bits per heavy atom. The molecule has 1 aromatic carbocycles. The summed E-state index contributed by atoms with van der Waals surface area (Å²) in [5.41, 5.74) is 1.57. The first-order chi connectivity index (χ1) is 8.13. The number of rotatable bonds is 2. The first-order valence-electron chi connectivity index (χ1n) is 4.84. The van der Waals surface area contributed by atoms with Crippen LogP contribution in [0.1, 0.15) is 5.69 Å². The van der Waals surface area contributed by atoms with E-state index in [2.05, 4.69) is 4.98 Å². The predicted octanol–water partition coefficient (Wildman–Crippen LogP) is 4.20. The molecule has 88 valence electrons. The molecule has 0 fully saturated rings. The van der Waals surface area contributed by atoms with E-state index in [4.69, 9.17) is 39.9 Å². The van der Waals surface area contributed by atoms with E-state index in [0.717, 1.165) is 0 Å². The summed E-state index contributed by atoms with van der Waals surface area (Å²) in [6.45, 7) is -0.160. The van der Waals surface area contributed by atoms with Gasteiger partial charge in [0.25, 0.3) is 0 Å². The molecule has 5 heteroatoms. The van der Waals surface area contributed by atoms with Gasteiger partial charge in [0.15, 0.2) is 0 Å². The first kappa shape index (κ1) is 12.7. The van der Waals surface area contributed by atoms with Crippen LogP contribution in [0.5, 0.6) is 0 Å². The Kier molecular flexibility index (Phi) is 3.89. The summed E-state index contributed by atoms with van der Waals surface area (Å²) >= 11 is 18.2. The number of aliphatic hydroxyl groups excluding tert-OH is 1. The SMILES string of the molecule is OCc1ccc(Cl)c(-c2c(Cl)cccc2Cl)n1. The van der Waals surface area contributed by atoms with Crippen molar-refractivity contribution in [3.05, 3.63) is 51.1 Å². The van der Waals surface area contributed by atoms with Gasteiger partial charge in [-0.05, 0) is 24.3 Å². The van der Waals surface area contributed by atoms with Crippen LogP contribution in [0.4, 0.5) is 0 Å². The van der Waals surface area contributed by atoms with Gasteiger partial charge in [-0.3, -0.25) is 0 Å². The molecule has 0 aliphatic heterocycles. The van der Waals surface area contributed by atoms with E-state index >= 15 is 0 Å². The molecule has 2 aromatic rings. The van der Waals surface area contributed by atoms with Gasteiger partial charge in [0, 0.05) is 5.56 Å². The van der Waals surface area contributed by atoms with Crippen molar-refractivity contribution in [3.63, 3.8) is 0 Å². The summed E-state index contributed by atoms with van der Waals surface area (Å²) in [5, 5.41) is 10.5. The highest BCUT2D eigenvalue weighted by molar-refractivity contribution is 6.40. The van der Waals surface area contributed by atoms with E-state index in [1.54, 1.807) is 30.3 Å². The van der Waals surface area contributed by atoms with Crippen LogP contribution in [-0.4, -0.2) is 10.1 Å². The van der Waals surface area contributed by atoms with Gasteiger partial charge in [-0.2, -0.15) is 0 Å². The zero-order chi connectivity index (χ0) is 12.4. The second kappa shape index (κ2) is 5.23. The molecule has 1 heterocycles. The normalized spacial score (nSPS) is 10.6. The monoisotopic (exact) mass is 287 g/mol. The van der Waals surface area contributed by atoms with Crippen LogP contribution in [0.2, 0.25) is 15.1 Å². The molecule has 0 unspecified atom stereocenters. The lowest BCUT2D eigenvalue weighted by Gasteiger charge is -2.09. The van der Waals surface area contributed by atoms with Gasteiger partial charge in [-0.15, -0.1) is 0 Å². The maximum atomic E-state index is 9.07. The highest BCUT2D eigenvalue weighted by Crippen LogP contribution is 2.37. The Labute approximate surface area is 114 Å². The van der Waals surface area contributed by atoms with Crippen LogP contribution >= 0.6 is 34.8 Å². The van der Waals surface area contributed by atoms with Gasteiger partial charge in [0.1, 0.15) is 0 Å². The van der Waals surface area contributed by atoms with E-state index < -0.39 is 0 Å². The van der Waals surface area contributed by atoms with E-state index in [-0.39, 0.29) is 6.61 Å². The Hall–Kier alpha value is -0.800. The zero-order valence-corrected chi connectivity index (χ0v) is 10.9. The molecule has 2 nitrogen and oxygen atoms in total. The van der Waals surface area contributed by atoms with E-state index in [1.807, 2.05) is 0 Å². The van der Waals surface area contributed by atoms with Crippen LogP contribution in [0.25, 0.3) is 11.3 Å². The van der Waals surface area contributed by atoms with E-state index in [1.165, 1.54) is 0 Å². The number of aromatic nitrogens is 1. The Balaban J connectivity index is 2.67. The quantitative estimate of drug-likeness (QED) is 0.898. The smallest absolute Gasteiger partial charge is 0.0922 e. The lowest BCUT2D eigenvalue weighted by Crippen LogP contribution is -1.94. The molecule has 1 N–H and O–H groups in total. The largest absolute Gasteiger partial charge is 0.390 e. The third-order valence-electron chi connectivity index (χ3n) is 2.27. The number of aliphatic hydroxyl groups is 1. The molecule has 2 rings (SSSR count). The summed E-state index contributed by atoms with van der Waals surface area (Å²) in [7, 11) is 0. The van der Waals surface area contributed by atoms with E-state index in [9.17, 15) is 0 Å². The highest BCUT2D eigenvalue weighted by atomic mass is 35.5. The van der Waals surface area contributed by atoms with Gasteiger partial charge < -0.3 is 5.11 Å². The van der Waals surface area contributed by atoms with E-state index in [0.29, 0.717) is 32.0 Å². The number of hydrogen-bond donors (Lipinski definition) is 1. The minimum absolute atomic E-state index is 0.160. The van der Waals surface area contributed by atoms with Crippen LogP contribution in [0.3, 0.4) is 0 Å². The lowest BCUT2D eigenvalue weighted by atomic mass is 10.1. The fraction of sp³-hybridized carbons (Fsp3) is 0.0833. The molecule has 0 amide bonds. The maximum Gasteiger partial charge on any atom is 0.0922 e. The Morgan fingerprint density at radius 3 is 2.18 bits per heavy atom. The average molecular weight is 289 g/mol. The number of nitrogens with zero attached hydrogens (tertiary/aromatic N) is 1. The molecule has 0 aliphatic carbocycles. The molecule has 0 radical (unpaired) electrons. The molecular formula is C12H8Cl3NO. The molecule has 1 aromatic heterocycles. The van der Waals surface area contributed by atoms with Gasteiger partial charge >= 0.3 is 0 Å². The molecular weight excluding hydrogens is 280 g/mol. The number of hydrogen-bond acceptors (Lipinski definition) is 2. The number of pyridine rings is 1. The summed E-state index contributed by atoms with van der Waals surface area (Å²) in [4.78, 5) is 4.23. The van der Waals surface area contributed by atoms with Crippen molar-refractivity contribution >= 4 is 34.8 Å². The van der Waals surface area contributed by atoms with Crippen molar-refractivity contribution in [2.75, 3.05) is 0 Å². The minimum Gasteiger partial charge on any atom is -0.390 e. The van der Waals surface area contributed by atoms with Crippen LogP contribution < -0.4 is 0 Å². The van der Waals surface area contributed by atoms with Crippen molar-refractivity contribution in [2.45, 2.75) is 6.61 Å². The van der Waals surface area contributed by atoms with Crippen molar-refractivity contribution in [2.24, 2.45) is 0 Å². The second-order valence-electron chi connectivity index (χ2n) is 3.39.